The maximum Gasteiger partial charge on any atom is 0.280 e. The number of Topliss-reactive ketones (excluding diaryl/α,β-unsaturated/α-hetero) is 1. The van der Waals surface area contributed by atoms with Crippen molar-refractivity contribution in [2.75, 3.05) is 19.8 Å². The highest BCUT2D eigenvalue weighted by Crippen LogP contribution is 2.19. The Morgan fingerprint density at radius 2 is 1.26 bits per heavy atom. The summed E-state index contributed by atoms with van der Waals surface area (Å²) < 4.78 is 16.2. The molecule has 136 valence electrons. The third kappa shape index (κ3) is 10.9. The molecule has 0 amide bonds. The maximum absolute atomic E-state index is 11.0. The smallest absolute Gasteiger partial charge is 0.280 e. The molecule has 0 radical (unpaired) electrons. The minimum absolute atomic E-state index is 0.0311. The molecule has 1 fully saturated rings. The number of rotatable bonds is 14. The van der Waals surface area contributed by atoms with Gasteiger partial charge in [0.15, 0.2) is 5.78 Å². The van der Waals surface area contributed by atoms with Crippen LogP contribution < -0.4 is 0 Å². The van der Waals surface area contributed by atoms with Gasteiger partial charge in [0, 0.05) is 6.92 Å². The van der Waals surface area contributed by atoms with Gasteiger partial charge in [-0.1, -0.05) is 77.6 Å². The standard InChI is InChI=1S/C19H36O4/c1-3-4-5-6-7-8-9-10-11-12-13-14-15-21-19(2)22-16-18(20)17-23-19/h3-17H2,1-2H3. The average molecular weight is 328 g/mol. The second kappa shape index (κ2) is 12.9. The highest BCUT2D eigenvalue weighted by molar-refractivity contribution is 5.81. The molecule has 0 N–H and O–H groups in total. The van der Waals surface area contributed by atoms with E-state index in [2.05, 4.69) is 6.92 Å². The number of hydrogen-bond donors (Lipinski definition) is 0. The van der Waals surface area contributed by atoms with Crippen LogP contribution in [0.4, 0.5) is 0 Å². The van der Waals surface area contributed by atoms with Gasteiger partial charge in [-0.25, -0.2) is 0 Å². The van der Waals surface area contributed by atoms with Crippen molar-refractivity contribution in [2.45, 2.75) is 96.9 Å². The van der Waals surface area contributed by atoms with Gasteiger partial charge in [-0.05, 0) is 6.42 Å². The normalized spacial score (nSPS) is 17.6. The molecule has 0 spiro atoms. The molecule has 0 atom stereocenters. The molecule has 1 aliphatic rings. The van der Waals surface area contributed by atoms with Crippen LogP contribution in [0.3, 0.4) is 0 Å². The lowest BCUT2D eigenvalue weighted by Gasteiger charge is -2.32. The lowest BCUT2D eigenvalue weighted by molar-refractivity contribution is -0.376. The van der Waals surface area contributed by atoms with Crippen LogP contribution in [0.2, 0.25) is 0 Å². The summed E-state index contributed by atoms with van der Waals surface area (Å²) in [4.78, 5) is 11.0. The van der Waals surface area contributed by atoms with E-state index in [1.807, 2.05) is 0 Å². The zero-order valence-electron chi connectivity index (χ0n) is 15.2. The molecule has 1 aliphatic heterocycles. The van der Waals surface area contributed by atoms with Crippen LogP contribution in [0, 0.1) is 0 Å². The van der Waals surface area contributed by atoms with Gasteiger partial charge < -0.3 is 14.2 Å². The van der Waals surface area contributed by atoms with Crippen molar-refractivity contribution in [1.29, 1.82) is 0 Å². The van der Waals surface area contributed by atoms with E-state index in [0.29, 0.717) is 6.61 Å². The number of ketones is 1. The number of carbonyl (C=O) groups excluding carboxylic acids is 1. The van der Waals surface area contributed by atoms with Gasteiger partial charge in [0.25, 0.3) is 5.97 Å². The van der Waals surface area contributed by atoms with Crippen LogP contribution in [-0.2, 0) is 19.0 Å². The van der Waals surface area contributed by atoms with Crippen LogP contribution >= 0.6 is 0 Å². The molecule has 0 unspecified atom stereocenters. The lowest BCUT2D eigenvalue weighted by Crippen LogP contribution is -2.44. The van der Waals surface area contributed by atoms with Crippen LogP contribution in [0.25, 0.3) is 0 Å². The van der Waals surface area contributed by atoms with E-state index in [-0.39, 0.29) is 19.0 Å². The van der Waals surface area contributed by atoms with Gasteiger partial charge in [0.05, 0.1) is 6.61 Å². The fraction of sp³-hybridized carbons (Fsp3) is 0.947. The predicted octanol–water partition coefficient (Wildman–Crippen LogP) is 4.99. The van der Waals surface area contributed by atoms with Gasteiger partial charge >= 0.3 is 0 Å². The molecule has 0 aromatic carbocycles. The molecule has 4 heteroatoms. The second-order valence-electron chi connectivity index (χ2n) is 6.72. The van der Waals surface area contributed by atoms with Crippen molar-refractivity contribution in [3.63, 3.8) is 0 Å². The van der Waals surface area contributed by atoms with E-state index in [1.54, 1.807) is 6.92 Å². The van der Waals surface area contributed by atoms with Crippen molar-refractivity contribution in [3.8, 4) is 0 Å². The summed E-state index contributed by atoms with van der Waals surface area (Å²) in [6.07, 6.45) is 15.9. The molecule has 0 aromatic heterocycles. The van der Waals surface area contributed by atoms with Crippen molar-refractivity contribution in [3.05, 3.63) is 0 Å². The summed E-state index contributed by atoms with van der Waals surface area (Å²) in [7, 11) is 0. The molecule has 1 rings (SSSR count). The van der Waals surface area contributed by atoms with E-state index in [9.17, 15) is 4.79 Å². The number of carbonyl (C=O) groups is 1. The maximum atomic E-state index is 11.0. The van der Waals surface area contributed by atoms with E-state index < -0.39 is 5.97 Å². The van der Waals surface area contributed by atoms with Gasteiger partial charge in [0.2, 0.25) is 0 Å². The van der Waals surface area contributed by atoms with Gasteiger partial charge in [-0.2, -0.15) is 0 Å². The molecular formula is C19H36O4. The number of unbranched alkanes of at least 4 members (excludes halogenated alkanes) is 11. The molecule has 1 saturated heterocycles. The summed E-state index contributed by atoms with van der Waals surface area (Å²) >= 11 is 0. The summed E-state index contributed by atoms with van der Waals surface area (Å²) in [5, 5.41) is 0. The molecule has 1 heterocycles. The van der Waals surface area contributed by atoms with Crippen LogP contribution in [0.15, 0.2) is 0 Å². The van der Waals surface area contributed by atoms with Crippen LogP contribution in [-0.4, -0.2) is 31.6 Å². The molecule has 0 aromatic rings. The first-order valence-electron chi connectivity index (χ1n) is 9.60. The Morgan fingerprint density at radius 3 is 1.74 bits per heavy atom. The fourth-order valence-corrected chi connectivity index (χ4v) is 2.79. The van der Waals surface area contributed by atoms with Crippen molar-refractivity contribution in [1.82, 2.24) is 0 Å². The summed E-state index contributed by atoms with van der Waals surface area (Å²) in [6.45, 7) is 4.81. The average Bonchev–Trinajstić information content (AvgIpc) is 2.55. The zero-order chi connectivity index (χ0) is 16.8. The first-order valence-corrected chi connectivity index (χ1v) is 9.60. The van der Waals surface area contributed by atoms with E-state index in [4.69, 9.17) is 14.2 Å². The first-order chi connectivity index (χ1) is 11.2. The quantitative estimate of drug-likeness (QED) is 0.421. The fourth-order valence-electron chi connectivity index (χ4n) is 2.79. The van der Waals surface area contributed by atoms with Gasteiger partial charge in [-0.15, -0.1) is 0 Å². The largest absolute Gasteiger partial charge is 0.328 e. The molecule has 0 saturated carbocycles. The second-order valence-corrected chi connectivity index (χ2v) is 6.72. The Balaban J connectivity index is 1.80. The van der Waals surface area contributed by atoms with Crippen LogP contribution in [0.1, 0.15) is 90.9 Å². The van der Waals surface area contributed by atoms with E-state index in [0.717, 1.165) is 6.42 Å². The van der Waals surface area contributed by atoms with Gasteiger partial charge in [-0.3, -0.25) is 4.79 Å². The summed E-state index contributed by atoms with van der Waals surface area (Å²) in [6, 6.07) is 0. The van der Waals surface area contributed by atoms with Crippen molar-refractivity contribution < 1.29 is 19.0 Å². The Hall–Kier alpha value is -0.450. The zero-order valence-corrected chi connectivity index (χ0v) is 15.2. The first kappa shape index (κ1) is 20.6. The summed E-state index contributed by atoms with van der Waals surface area (Å²) in [5.41, 5.74) is 0. The Morgan fingerprint density at radius 1 is 0.826 bits per heavy atom. The van der Waals surface area contributed by atoms with Crippen molar-refractivity contribution in [2.24, 2.45) is 0 Å². The monoisotopic (exact) mass is 328 g/mol. The van der Waals surface area contributed by atoms with E-state index in [1.165, 1.54) is 70.6 Å². The predicted molar refractivity (Wildman–Crippen MR) is 92.3 cm³/mol. The molecule has 0 bridgehead atoms. The number of ether oxygens (including phenoxy) is 3. The van der Waals surface area contributed by atoms with Crippen LogP contribution in [0.5, 0.6) is 0 Å². The highest BCUT2D eigenvalue weighted by Gasteiger charge is 2.33. The molecular weight excluding hydrogens is 292 g/mol. The van der Waals surface area contributed by atoms with Crippen molar-refractivity contribution >= 4 is 5.78 Å². The third-order valence-corrected chi connectivity index (χ3v) is 4.35. The third-order valence-electron chi connectivity index (χ3n) is 4.35. The lowest BCUT2D eigenvalue weighted by atomic mass is 10.1. The SMILES string of the molecule is CCCCCCCCCCCCCCOC1(C)OCC(=O)CO1. The summed E-state index contributed by atoms with van der Waals surface area (Å²) in [5.74, 6) is -1.05. The Labute approximate surface area is 142 Å². The molecule has 4 nitrogen and oxygen atoms in total. The highest BCUT2D eigenvalue weighted by atomic mass is 16.9. The minimum atomic E-state index is -1.02. The van der Waals surface area contributed by atoms with E-state index >= 15 is 0 Å². The van der Waals surface area contributed by atoms with Gasteiger partial charge in [0.1, 0.15) is 13.2 Å². The number of hydrogen-bond acceptors (Lipinski definition) is 4. The minimum Gasteiger partial charge on any atom is -0.328 e. The Kier molecular flexibility index (Phi) is 11.6. The topological polar surface area (TPSA) is 44.8 Å². The molecule has 23 heavy (non-hydrogen) atoms. The Bertz CT molecular complexity index is 294. The molecule has 0 aliphatic carbocycles.